The van der Waals surface area contributed by atoms with Gasteiger partial charge >= 0.3 is 0 Å². The van der Waals surface area contributed by atoms with Crippen LogP contribution in [0, 0.1) is 5.41 Å². The van der Waals surface area contributed by atoms with Gasteiger partial charge in [-0.15, -0.1) is 11.6 Å². The summed E-state index contributed by atoms with van der Waals surface area (Å²) in [6.45, 7) is 4.85. The van der Waals surface area contributed by atoms with Crippen molar-refractivity contribution in [2.75, 3.05) is 22.5 Å². The molecular formula is C20H24ClN3O3S. The maximum atomic E-state index is 13.0. The first-order valence-electron chi connectivity index (χ1n) is 9.05. The van der Waals surface area contributed by atoms with E-state index >= 15 is 0 Å². The number of amides is 1. The molecule has 0 fully saturated rings. The van der Waals surface area contributed by atoms with Crippen LogP contribution >= 0.6 is 11.6 Å². The number of fused-ring (bicyclic) bond motifs is 1. The Labute approximate surface area is 170 Å². The Kier molecular flexibility index (Phi) is 5.98. The summed E-state index contributed by atoms with van der Waals surface area (Å²) in [6.07, 6.45) is 0.802. The first kappa shape index (κ1) is 20.6. The lowest BCUT2D eigenvalue weighted by Crippen LogP contribution is -2.32. The largest absolute Gasteiger partial charge is 0.326 e. The van der Waals surface area contributed by atoms with E-state index in [0.29, 0.717) is 17.9 Å². The third kappa shape index (κ3) is 4.48. The van der Waals surface area contributed by atoms with Crippen LogP contribution in [-0.2, 0) is 27.8 Å². The van der Waals surface area contributed by atoms with Gasteiger partial charge in [-0.25, -0.2) is 8.42 Å². The summed E-state index contributed by atoms with van der Waals surface area (Å²) < 4.78 is 28.6. The molecule has 1 aliphatic heterocycles. The number of hydrogen-bond donors (Lipinski definition) is 3. The Bertz CT molecular complexity index is 990. The van der Waals surface area contributed by atoms with Crippen molar-refractivity contribution < 1.29 is 13.2 Å². The molecular weight excluding hydrogens is 398 g/mol. The fourth-order valence-electron chi connectivity index (χ4n) is 2.97. The zero-order valence-corrected chi connectivity index (χ0v) is 17.5. The molecule has 0 bridgehead atoms. The highest BCUT2D eigenvalue weighted by molar-refractivity contribution is 7.92. The minimum Gasteiger partial charge on any atom is -0.326 e. The number of alkyl halides is 1. The van der Waals surface area contributed by atoms with Gasteiger partial charge in [0.1, 0.15) is 0 Å². The van der Waals surface area contributed by atoms with E-state index < -0.39 is 15.4 Å². The van der Waals surface area contributed by atoms with E-state index in [-0.39, 0.29) is 16.7 Å². The first-order valence-corrected chi connectivity index (χ1v) is 11.1. The van der Waals surface area contributed by atoms with Crippen molar-refractivity contribution in [2.45, 2.75) is 31.7 Å². The summed E-state index contributed by atoms with van der Waals surface area (Å²) in [6, 6.07) is 12.0. The Hall–Kier alpha value is -2.09. The molecule has 150 valence electrons. The molecule has 2 aromatic carbocycles. The third-order valence-electron chi connectivity index (χ3n) is 4.71. The molecule has 0 saturated heterocycles. The van der Waals surface area contributed by atoms with Gasteiger partial charge in [0.25, 0.3) is 10.0 Å². The average molecular weight is 422 g/mol. The molecule has 0 saturated carbocycles. The van der Waals surface area contributed by atoms with Gasteiger partial charge in [0.15, 0.2) is 0 Å². The Morgan fingerprint density at radius 2 is 1.89 bits per heavy atom. The Balaban J connectivity index is 1.83. The van der Waals surface area contributed by atoms with Crippen LogP contribution in [0.25, 0.3) is 0 Å². The minimum atomic E-state index is -3.76. The van der Waals surface area contributed by atoms with Gasteiger partial charge in [-0.3, -0.25) is 9.52 Å². The van der Waals surface area contributed by atoms with Crippen molar-refractivity contribution in [3.05, 3.63) is 53.6 Å². The predicted molar refractivity (Wildman–Crippen MR) is 112 cm³/mol. The highest BCUT2D eigenvalue weighted by atomic mass is 35.5. The fourth-order valence-corrected chi connectivity index (χ4v) is 4.42. The Morgan fingerprint density at radius 3 is 2.64 bits per heavy atom. The molecule has 28 heavy (non-hydrogen) atoms. The molecule has 2 aromatic rings. The molecule has 8 heteroatoms. The molecule has 1 amide bonds. The first-order chi connectivity index (χ1) is 13.2. The Morgan fingerprint density at radius 1 is 1.18 bits per heavy atom. The normalized spacial score (nSPS) is 14.2. The molecule has 0 radical (unpaired) electrons. The molecule has 0 spiro atoms. The number of nitrogens with one attached hydrogen (secondary N) is 3. The van der Waals surface area contributed by atoms with Crippen molar-refractivity contribution in [1.82, 2.24) is 5.32 Å². The number of halogens is 1. The van der Waals surface area contributed by atoms with E-state index in [9.17, 15) is 13.2 Å². The molecule has 0 aliphatic carbocycles. The SMILES string of the molecule is CC(C)(CCl)C(=O)Nc1cccc(NS(=O)(=O)c2cccc3c2CNCC3)c1. The van der Waals surface area contributed by atoms with E-state index in [1.807, 2.05) is 6.07 Å². The second-order valence-corrected chi connectivity index (χ2v) is 9.40. The van der Waals surface area contributed by atoms with Gasteiger partial charge in [0, 0.05) is 18.1 Å². The van der Waals surface area contributed by atoms with Crippen molar-refractivity contribution in [1.29, 1.82) is 0 Å². The summed E-state index contributed by atoms with van der Waals surface area (Å²) in [5, 5.41) is 6.00. The molecule has 6 nitrogen and oxygen atoms in total. The molecule has 1 aliphatic rings. The van der Waals surface area contributed by atoms with E-state index in [0.717, 1.165) is 24.1 Å². The summed E-state index contributed by atoms with van der Waals surface area (Å²) in [7, 11) is -3.76. The van der Waals surface area contributed by atoms with Crippen molar-refractivity contribution >= 4 is 38.9 Å². The van der Waals surface area contributed by atoms with Crippen LogP contribution in [0.2, 0.25) is 0 Å². The van der Waals surface area contributed by atoms with E-state index in [2.05, 4.69) is 15.4 Å². The molecule has 0 unspecified atom stereocenters. The number of benzene rings is 2. The lowest BCUT2D eigenvalue weighted by molar-refractivity contribution is -0.122. The number of hydrogen-bond acceptors (Lipinski definition) is 4. The third-order valence-corrected chi connectivity index (χ3v) is 6.85. The number of sulfonamides is 1. The van der Waals surface area contributed by atoms with Gasteiger partial charge < -0.3 is 10.6 Å². The van der Waals surface area contributed by atoms with Gasteiger partial charge in [-0.05, 0) is 62.2 Å². The molecule has 0 atom stereocenters. The standard InChI is InChI=1S/C20H24ClN3O3S/c1-20(2,13-21)19(25)23-15-6-4-7-16(11-15)24-28(26,27)18-8-3-5-14-9-10-22-12-17(14)18/h3-8,11,22,24H,9-10,12-13H2,1-2H3,(H,23,25). The highest BCUT2D eigenvalue weighted by Crippen LogP contribution is 2.26. The zero-order valence-electron chi connectivity index (χ0n) is 15.9. The highest BCUT2D eigenvalue weighted by Gasteiger charge is 2.27. The average Bonchev–Trinajstić information content (AvgIpc) is 2.67. The number of carbonyl (C=O) groups excluding carboxylic acids is 1. The maximum Gasteiger partial charge on any atom is 0.262 e. The van der Waals surface area contributed by atoms with Gasteiger partial charge in [0.2, 0.25) is 5.91 Å². The van der Waals surface area contributed by atoms with Crippen molar-refractivity contribution in [2.24, 2.45) is 5.41 Å². The summed E-state index contributed by atoms with van der Waals surface area (Å²) in [4.78, 5) is 12.6. The van der Waals surface area contributed by atoms with E-state index in [1.165, 1.54) is 0 Å². The predicted octanol–water partition coefficient (Wildman–Crippen LogP) is 3.34. The van der Waals surface area contributed by atoms with Crippen LogP contribution in [-0.4, -0.2) is 26.7 Å². The van der Waals surface area contributed by atoms with Crippen LogP contribution < -0.4 is 15.4 Å². The topological polar surface area (TPSA) is 87.3 Å². The lowest BCUT2D eigenvalue weighted by Gasteiger charge is -2.21. The zero-order chi connectivity index (χ0) is 20.4. The van der Waals surface area contributed by atoms with Crippen LogP contribution in [0.15, 0.2) is 47.4 Å². The smallest absolute Gasteiger partial charge is 0.262 e. The monoisotopic (exact) mass is 421 g/mol. The number of carbonyl (C=O) groups is 1. The molecule has 3 rings (SSSR count). The van der Waals surface area contributed by atoms with Crippen molar-refractivity contribution in [3.8, 4) is 0 Å². The minimum absolute atomic E-state index is 0.179. The summed E-state index contributed by atoms with van der Waals surface area (Å²) >= 11 is 5.84. The van der Waals surface area contributed by atoms with Gasteiger partial charge in [-0.1, -0.05) is 18.2 Å². The van der Waals surface area contributed by atoms with Crippen LogP contribution in [0.1, 0.15) is 25.0 Å². The van der Waals surface area contributed by atoms with Crippen LogP contribution in [0.4, 0.5) is 11.4 Å². The van der Waals surface area contributed by atoms with E-state index in [1.54, 1.807) is 50.2 Å². The maximum absolute atomic E-state index is 13.0. The summed E-state index contributed by atoms with van der Waals surface area (Å²) in [5.74, 6) is -0.0519. The number of anilines is 2. The van der Waals surface area contributed by atoms with Gasteiger partial charge in [0.05, 0.1) is 16.0 Å². The van der Waals surface area contributed by atoms with Crippen molar-refractivity contribution in [3.63, 3.8) is 0 Å². The fraction of sp³-hybridized carbons (Fsp3) is 0.350. The second-order valence-electron chi connectivity index (χ2n) is 7.48. The second kappa shape index (κ2) is 8.11. The van der Waals surface area contributed by atoms with Crippen LogP contribution in [0.5, 0.6) is 0 Å². The van der Waals surface area contributed by atoms with E-state index in [4.69, 9.17) is 11.6 Å². The molecule has 3 N–H and O–H groups in total. The molecule has 0 aromatic heterocycles. The quantitative estimate of drug-likeness (QED) is 0.624. The number of rotatable bonds is 6. The lowest BCUT2D eigenvalue weighted by atomic mass is 9.95. The molecule has 1 heterocycles. The van der Waals surface area contributed by atoms with Gasteiger partial charge in [-0.2, -0.15) is 0 Å². The van der Waals surface area contributed by atoms with Crippen LogP contribution in [0.3, 0.4) is 0 Å². The summed E-state index contributed by atoms with van der Waals surface area (Å²) in [5.41, 5.74) is 2.00.